The van der Waals surface area contributed by atoms with Gasteiger partial charge in [0.2, 0.25) is 0 Å². The zero-order valence-corrected chi connectivity index (χ0v) is 18.4. The second kappa shape index (κ2) is 8.15. The third kappa shape index (κ3) is 3.82. The van der Waals surface area contributed by atoms with Crippen LogP contribution in [-0.4, -0.2) is 25.4 Å². The highest BCUT2D eigenvalue weighted by Gasteiger charge is 2.37. The number of ether oxygens (including phenoxy) is 1. The van der Waals surface area contributed by atoms with Gasteiger partial charge >= 0.3 is 0 Å². The van der Waals surface area contributed by atoms with E-state index >= 15 is 0 Å². The number of fused-ring (bicyclic) bond motifs is 1. The van der Waals surface area contributed by atoms with Crippen LogP contribution in [-0.2, 0) is 21.2 Å². The number of hydrogen-bond acceptors (Lipinski definition) is 3. The summed E-state index contributed by atoms with van der Waals surface area (Å²) in [5, 5.41) is 2.26. The molecule has 1 heterocycles. The molecule has 0 amide bonds. The Morgan fingerprint density at radius 1 is 1.00 bits per heavy atom. The predicted molar refractivity (Wildman–Crippen MR) is 121 cm³/mol. The number of rotatable bonds is 5. The molecule has 0 saturated heterocycles. The van der Waals surface area contributed by atoms with E-state index in [1.165, 1.54) is 0 Å². The normalized spacial score (nSPS) is 17.1. The molecule has 0 aromatic heterocycles. The minimum absolute atomic E-state index is 0.112. The SMILES string of the molecule is Cc1ccc(S(=O)(=O)N2C(Cc3cccc4ccccc34)=COC[C@@H]2C(C)C)cc1. The van der Waals surface area contributed by atoms with Crippen molar-refractivity contribution in [1.29, 1.82) is 0 Å². The van der Waals surface area contributed by atoms with Gasteiger partial charge in [0.25, 0.3) is 10.0 Å². The minimum atomic E-state index is -3.71. The topological polar surface area (TPSA) is 46.6 Å². The molecule has 0 aliphatic carbocycles. The highest BCUT2D eigenvalue weighted by Crippen LogP contribution is 2.32. The number of allylic oxidation sites excluding steroid dienone is 1. The van der Waals surface area contributed by atoms with E-state index in [9.17, 15) is 8.42 Å². The summed E-state index contributed by atoms with van der Waals surface area (Å²) in [7, 11) is -3.71. The van der Waals surface area contributed by atoms with Gasteiger partial charge in [-0.15, -0.1) is 0 Å². The number of benzene rings is 3. The zero-order valence-electron chi connectivity index (χ0n) is 17.6. The maximum absolute atomic E-state index is 13.7. The lowest BCUT2D eigenvalue weighted by molar-refractivity contribution is 0.115. The molecule has 30 heavy (non-hydrogen) atoms. The summed E-state index contributed by atoms with van der Waals surface area (Å²) in [4.78, 5) is 0.310. The van der Waals surface area contributed by atoms with E-state index < -0.39 is 10.0 Å². The van der Waals surface area contributed by atoms with E-state index in [0.717, 1.165) is 21.9 Å². The monoisotopic (exact) mass is 421 g/mol. The Morgan fingerprint density at radius 2 is 1.70 bits per heavy atom. The molecule has 156 valence electrons. The molecule has 4 rings (SSSR count). The molecular weight excluding hydrogens is 394 g/mol. The second-order valence-corrected chi connectivity index (χ2v) is 10.00. The summed E-state index contributed by atoms with van der Waals surface area (Å²) in [5.74, 6) is 0.112. The standard InChI is InChI=1S/C25H27NO3S/c1-18(2)25-17-29-16-22(15-21-9-6-8-20-7-4-5-10-24(20)21)26(25)30(27,28)23-13-11-19(3)12-14-23/h4-14,16,18,25H,15,17H2,1-3H3/t25-/m1/s1. The van der Waals surface area contributed by atoms with Gasteiger partial charge in [-0.3, -0.25) is 4.31 Å². The van der Waals surface area contributed by atoms with Crippen LogP contribution in [0.15, 0.2) is 83.6 Å². The van der Waals surface area contributed by atoms with Gasteiger partial charge in [0.1, 0.15) is 12.9 Å². The average molecular weight is 422 g/mol. The van der Waals surface area contributed by atoms with Gasteiger partial charge in [-0.05, 0) is 41.3 Å². The van der Waals surface area contributed by atoms with Gasteiger partial charge in [-0.2, -0.15) is 0 Å². The summed E-state index contributed by atoms with van der Waals surface area (Å²) in [6.07, 6.45) is 2.10. The Hall–Kier alpha value is -2.79. The highest BCUT2D eigenvalue weighted by molar-refractivity contribution is 7.89. The van der Waals surface area contributed by atoms with Crippen LogP contribution in [0.25, 0.3) is 10.8 Å². The van der Waals surface area contributed by atoms with Crippen LogP contribution in [0.2, 0.25) is 0 Å². The van der Waals surface area contributed by atoms with Crippen molar-refractivity contribution in [2.24, 2.45) is 5.92 Å². The minimum Gasteiger partial charge on any atom is -0.497 e. The first kappa shape index (κ1) is 20.5. The van der Waals surface area contributed by atoms with Gasteiger partial charge in [-0.1, -0.05) is 74.0 Å². The fourth-order valence-electron chi connectivity index (χ4n) is 3.96. The van der Waals surface area contributed by atoms with Crippen LogP contribution in [0.3, 0.4) is 0 Å². The predicted octanol–water partition coefficient (Wildman–Crippen LogP) is 5.28. The van der Waals surface area contributed by atoms with E-state index in [1.807, 2.05) is 51.1 Å². The summed E-state index contributed by atoms with van der Waals surface area (Å²) >= 11 is 0. The Balaban J connectivity index is 1.79. The average Bonchev–Trinajstić information content (AvgIpc) is 2.74. The third-order valence-corrected chi connectivity index (χ3v) is 7.56. The Morgan fingerprint density at radius 3 is 2.43 bits per heavy atom. The quantitative estimate of drug-likeness (QED) is 0.563. The maximum Gasteiger partial charge on any atom is 0.264 e. The van der Waals surface area contributed by atoms with Crippen LogP contribution in [0.1, 0.15) is 25.0 Å². The van der Waals surface area contributed by atoms with E-state index in [-0.39, 0.29) is 12.0 Å². The van der Waals surface area contributed by atoms with Crippen LogP contribution in [0, 0.1) is 12.8 Å². The summed E-state index contributed by atoms with van der Waals surface area (Å²) in [6.45, 7) is 6.37. The molecule has 1 aliphatic heterocycles. The van der Waals surface area contributed by atoms with Gasteiger partial charge in [0.05, 0.1) is 16.6 Å². The summed E-state index contributed by atoms with van der Waals surface area (Å²) < 4.78 is 34.8. The van der Waals surface area contributed by atoms with Gasteiger partial charge in [0.15, 0.2) is 0 Å². The largest absolute Gasteiger partial charge is 0.497 e. The van der Waals surface area contributed by atoms with Gasteiger partial charge < -0.3 is 4.74 Å². The van der Waals surface area contributed by atoms with Crippen molar-refractivity contribution in [3.05, 3.63) is 89.8 Å². The fourth-order valence-corrected chi connectivity index (χ4v) is 5.74. The molecule has 0 saturated carbocycles. The molecule has 3 aromatic carbocycles. The van der Waals surface area contributed by atoms with Crippen LogP contribution < -0.4 is 0 Å². The lowest BCUT2D eigenvalue weighted by atomic mass is 9.99. The fraction of sp³-hybridized carbons (Fsp3) is 0.280. The van der Waals surface area contributed by atoms with E-state index in [0.29, 0.717) is 23.6 Å². The molecule has 0 N–H and O–H groups in total. The number of nitrogens with zero attached hydrogens (tertiary/aromatic N) is 1. The van der Waals surface area contributed by atoms with Crippen molar-refractivity contribution in [1.82, 2.24) is 4.31 Å². The molecule has 0 fully saturated rings. The second-order valence-electron chi connectivity index (χ2n) is 8.18. The smallest absolute Gasteiger partial charge is 0.264 e. The van der Waals surface area contributed by atoms with E-state index in [1.54, 1.807) is 22.7 Å². The first-order valence-corrected chi connectivity index (χ1v) is 11.7. The van der Waals surface area contributed by atoms with Crippen LogP contribution in [0.4, 0.5) is 0 Å². The molecule has 5 heteroatoms. The van der Waals surface area contributed by atoms with Crippen molar-refractivity contribution in [2.45, 2.75) is 38.1 Å². The van der Waals surface area contributed by atoms with Gasteiger partial charge in [0, 0.05) is 6.42 Å². The van der Waals surface area contributed by atoms with Crippen LogP contribution in [0.5, 0.6) is 0 Å². The molecule has 0 bridgehead atoms. The first-order chi connectivity index (χ1) is 14.4. The Bertz CT molecular complexity index is 1180. The molecule has 0 unspecified atom stereocenters. The number of sulfonamides is 1. The molecule has 0 spiro atoms. The Labute approximate surface area is 178 Å². The van der Waals surface area contributed by atoms with Crippen molar-refractivity contribution in [3.63, 3.8) is 0 Å². The molecule has 4 nitrogen and oxygen atoms in total. The lowest BCUT2D eigenvalue weighted by Gasteiger charge is -2.39. The molecule has 1 aliphatic rings. The zero-order chi connectivity index (χ0) is 21.3. The van der Waals surface area contributed by atoms with Gasteiger partial charge in [-0.25, -0.2) is 8.42 Å². The maximum atomic E-state index is 13.7. The molecule has 1 atom stereocenters. The van der Waals surface area contributed by atoms with Crippen molar-refractivity contribution in [3.8, 4) is 0 Å². The Kier molecular flexibility index (Phi) is 5.56. The van der Waals surface area contributed by atoms with Crippen molar-refractivity contribution < 1.29 is 13.2 Å². The van der Waals surface area contributed by atoms with E-state index in [4.69, 9.17) is 4.74 Å². The molecular formula is C25H27NO3S. The highest BCUT2D eigenvalue weighted by atomic mass is 32.2. The third-order valence-electron chi connectivity index (χ3n) is 5.67. The lowest BCUT2D eigenvalue weighted by Crippen LogP contribution is -2.47. The molecule has 3 aromatic rings. The van der Waals surface area contributed by atoms with Crippen molar-refractivity contribution >= 4 is 20.8 Å². The number of hydrogen-bond donors (Lipinski definition) is 0. The molecule has 0 radical (unpaired) electrons. The summed E-state index contributed by atoms with van der Waals surface area (Å²) in [5.41, 5.74) is 2.77. The van der Waals surface area contributed by atoms with Crippen LogP contribution >= 0.6 is 0 Å². The summed E-state index contributed by atoms with van der Waals surface area (Å²) in [6, 6.07) is 21.1. The van der Waals surface area contributed by atoms with E-state index in [2.05, 4.69) is 24.3 Å². The number of aryl methyl sites for hydroxylation is 1. The first-order valence-electron chi connectivity index (χ1n) is 10.3. The van der Waals surface area contributed by atoms with Crippen molar-refractivity contribution in [2.75, 3.05) is 6.61 Å².